The molecule has 2 N–H and O–H groups in total. The van der Waals surface area contributed by atoms with E-state index >= 15 is 0 Å². The Bertz CT molecular complexity index is 1400. The van der Waals surface area contributed by atoms with Crippen LogP contribution in [0, 0.1) is 0 Å². The van der Waals surface area contributed by atoms with E-state index in [-0.39, 0.29) is 17.0 Å². The number of aromatic carboxylic acids is 2. The lowest BCUT2D eigenvalue weighted by atomic mass is 9.84. The largest absolute Gasteiger partial charge is 0.478 e. The monoisotopic (exact) mass is 468 g/mol. The van der Waals surface area contributed by atoms with Crippen LogP contribution in [0.1, 0.15) is 99.7 Å². The molecule has 3 aliphatic carbocycles. The Hall–Kier alpha value is -3.67. The van der Waals surface area contributed by atoms with Crippen molar-refractivity contribution >= 4 is 35.1 Å². The molecule has 1 aromatic heterocycles. The van der Waals surface area contributed by atoms with E-state index < -0.39 is 11.9 Å². The second-order valence-electron chi connectivity index (χ2n) is 9.88. The van der Waals surface area contributed by atoms with E-state index in [1.165, 1.54) is 29.2 Å². The molecule has 0 spiro atoms. The van der Waals surface area contributed by atoms with E-state index in [0.717, 1.165) is 73.8 Å². The maximum absolute atomic E-state index is 11.9. The van der Waals surface area contributed by atoms with Gasteiger partial charge in [-0.15, -0.1) is 0 Å². The van der Waals surface area contributed by atoms with Crippen molar-refractivity contribution in [2.45, 2.75) is 63.7 Å². The number of allylic oxidation sites excluding steroid dienone is 2. The molecule has 1 heterocycles. The number of nitrogens with zero attached hydrogens (tertiary/aromatic N) is 2. The second-order valence-corrected chi connectivity index (χ2v) is 9.88. The van der Waals surface area contributed by atoms with Crippen LogP contribution >= 0.6 is 0 Å². The Labute approximate surface area is 203 Å². The first kappa shape index (κ1) is 21.8. The lowest BCUT2D eigenvalue weighted by Gasteiger charge is -2.24. The normalized spacial score (nSPS) is 17.4. The van der Waals surface area contributed by atoms with Crippen LogP contribution in [0.15, 0.2) is 30.4 Å². The third-order valence-electron chi connectivity index (χ3n) is 7.76. The van der Waals surface area contributed by atoms with Crippen molar-refractivity contribution in [1.29, 1.82) is 0 Å². The number of carbonyl (C=O) groups is 2. The van der Waals surface area contributed by atoms with E-state index in [9.17, 15) is 19.8 Å². The van der Waals surface area contributed by atoms with Gasteiger partial charge < -0.3 is 10.2 Å². The fourth-order valence-electron chi connectivity index (χ4n) is 6.16. The molecule has 0 radical (unpaired) electrons. The third kappa shape index (κ3) is 3.59. The summed E-state index contributed by atoms with van der Waals surface area (Å²) in [7, 11) is 0. The van der Waals surface area contributed by atoms with Gasteiger partial charge in [-0.25, -0.2) is 14.6 Å². The predicted molar refractivity (Wildman–Crippen MR) is 136 cm³/mol. The van der Waals surface area contributed by atoms with Crippen LogP contribution in [0.5, 0.6) is 0 Å². The lowest BCUT2D eigenvalue weighted by molar-refractivity contribution is 0.0696. The van der Waals surface area contributed by atoms with Gasteiger partial charge in [0.25, 0.3) is 0 Å². The molecular weight excluding hydrogens is 440 g/mol. The van der Waals surface area contributed by atoms with Crippen LogP contribution in [-0.2, 0) is 12.8 Å². The Kier molecular flexibility index (Phi) is 5.32. The van der Waals surface area contributed by atoms with Crippen LogP contribution < -0.4 is 0 Å². The van der Waals surface area contributed by atoms with Crippen molar-refractivity contribution in [2.24, 2.45) is 0 Å². The molecule has 0 amide bonds. The number of hydrogen-bond acceptors (Lipinski definition) is 3. The van der Waals surface area contributed by atoms with E-state index in [2.05, 4.69) is 28.9 Å². The van der Waals surface area contributed by atoms with E-state index in [1.54, 1.807) is 12.1 Å². The highest BCUT2D eigenvalue weighted by molar-refractivity contribution is 5.99. The molecule has 6 nitrogen and oxygen atoms in total. The maximum atomic E-state index is 11.9. The molecule has 0 unspecified atom stereocenters. The summed E-state index contributed by atoms with van der Waals surface area (Å²) in [6.45, 7) is 0. The summed E-state index contributed by atoms with van der Waals surface area (Å²) >= 11 is 0. The summed E-state index contributed by atoms with van der Waals surface area (Å²) in [5.74, 6) is -1.10. The standard InChI is InChI=1S/C29H28N2O4/c32-28(33)18-14-19(29(34)35)16-20(15-18)31-26-24-13-7-5-11-22(24)21-10-4-6-12-23(21)25(26)30-27(31)17-8-2-1-3-9-17/h6-7,12-17H,1-5,8-11H2,(H,32,33)(H,34,35). The number of imidazole rings is 1. The molecule has 0 bridgehead atoms. The Balaban J connectivity index is 1.73. The first-order valence-corrected chi connectivity index (χ1v) is 12.6. The molecule has 2 aromatic carbocycles. The van der Waals surface area contributed by atoms with Crippen molar-refractivity contribution in [3.8, 4) is 5.69 Å². The minimum atomic E-state index is -1.14. The van der Waals surface area contributed by atoms with Gasteiger partial charge in [0.05, 0.1) is 22.2 Å². The highest BCUT2D eigenvalue weighted by Crippen LogP contribution is 2.42. The van der Waals surface area contributed by atoms with Gasteiger partial charge in [-0.3, -0.25) is 4.57 Å². The van der Waals surface area contributed by atoms with Crippen molar-refractivity contribution < 1.29 is 19.8 Å². The molecule has 3 aromatic rings. The summed E-state index contributed by atoms with van der Waals surface area (Å²) < 4.78 is 2.08. The van der Waals surface area contributed by atoms with Crippen LogP contribution in [0.2, 0.25) is 0 Å². The molecular formula is C29H28N2O4. The first-order valence-electron chi connectivity index (χ1n) is 12.6. The SMILES string of the molecule is O=C(O)c1cc(C(=O)O)cc(-n2c(C3CCCCC3)nc3c4c(c5c(c32)C=CCC5)CCC=C4)c1. The Morgan fingerprint density at radius 3 is 2.06 bits per heavy atom. The van der Waals surface area contributed by atoms with Crippen molar-refractivity contribution in [2.75, 3.05) is 0 Å². The summed E-state index contributed by atoms with van der Waals surface area (Å²) in [6, 6.07) is 4.42. The third-order valence-corrected chi connectivity index (χ3v) is 7.76. The van der Waals surface area contributed by atoms with Gasteiger partial charge in [-0.2, -0.15) is 0 Å². The second kappa shape index (κ2) is 8.52. The van der Waals surface area contributed by atoms with Gasteiger partial charge in [0.2, 0.25) is 0 Å². The van der Waals surface area contributed by atoms with Gasteiger partial charge in [0, 0.05) is 22.7 Å². The van der Waals surface area contributed by atoms with Crippen LogP contribution in [0.4, 0.5) is 0 Å². The van der Waals surface area contributed by atoms with E-state index in [1.807, 2.05) is 0 Å². The Morgan fingerprint density at radius 1 is 0.829 bits per heavy atom. The lowest BCUT2D eigenvalue weighted by Crippen LogP contribution is -2.13. The van der Waals surface area contributed by atoms with Crippen molar-refractivity contribution in [1.82, 2.24) is 9.55 Å². The van der Waals surface area contributed by atoms with E-state index in [4.69, 9.17) is 4.98 Å². The van der Waals surface area contributed by atoms with Crippen molar-refractivity contribution in [3.05, 3.63) is 69.6 Å². The zero-order valence-electron chi connectivity index (χ0n) is 19.6. The van der Waals surface area contributed by atoms with Crippen molar-refractivity contribution in [3.63, 3.8) is 0 Å². The topological polar surface area (TPSA) is 92.4 Å². The minimum absolute atomic E-state index is 0.0291. The molecule has 0 aliphatic heterocycles. The summed E-state index contributed by atoms with van der Waals surface area (Å²) in [4.78, 5) is 29.1. The summed E-state index contributed by atoms with van der Waals surface area (Å²) in [5, 5.41) is 19.5. The number of hydrogen-bond donors (Lipinski definition) is 2. The fourth-order valence-corrected chi connectivity index (χ4v) is 6.16. The zero-order valence-corrected chi connectivity index (χ0v) is 19.6. The van der Waals surface area contributed by atoms with Crippen LogP contribution in [0.25, 0.3) is 28.9 Å². The van der Waals surface area contributed by atoms with Crippen LogP contribution in [0.3, 0.4) is 0 Å². The highest BCUT2D eigenvalue weighted by atomic mass is 16.4. The molecule has 6 heteroatoms. The first-order chi connectivity index (χ1) is 17.0. The predicted octanol–water partition coefficient (Wildman–Crippen LogP) is 6.39. The quantitative estimate of drug-likeness (QED) is 0.463. The highest BCUT2D eigenvalue weighted by Gasteiger charge is 2.29. The van der Waals surface area contributed by atoms with Gasteiger partial charge >= 0.3 is 11.9 Å². The average Bonchev–Trinajstić information content (AvgIpc) is 3.30. The molecule has 1 saturated carbocycles. The number of benzene rings is 2. The van der Waals surface area contributed by atoms with Gasteiger partial charge in [-0.05, 0) is 67.9 Å². The summed E-state index contributed by atoms with van der Waals surface area (Å²) in [5.41, 5.74) is 7.47. The number of aromatic nitrogens is 2. The number of carboxylic acid groups (broad SMARTS) is 2. The number of fused-ring (bicyclic) bond motifs is 6. The Morgan fingerprint density at radius 2 is 1.43 bits per heavy atom. The average molecular weight is 469 g/mol. The zero-order chi connectivity index (χ0) is 24.1. The summed E-state index contributed by atoms with van der Waals surface area (Å²) in [6.07, 6.45) is 18.3. The molecule has 0 saturated heterocycles. The van der Waals surface area contributed by atoms with E-state index in [0.29, 0.717) is 5.69 Å². The van der Waals surface area contributed by atoms with Gasteiger partial charge in [-0.1, -0.05) is 43.6 Å². The van der Waals surface area contributed by atoms with Gasteiger partial charge in [0.15, 0.2) is 0 Å². The molecule has 0 atom stereocenters. The number of carboxylic acids is 2. The number of rotatable bonds is 4. The maximum Gasteiger partial charge on any atom is 0.335 e. The van der Waals surface area contributed by atoms with Gasteiger partial charge in [0.1, 0.15) is 5.82 Å². The molecule has 6 rings (SSSR count). The smallest absolute Gasteiger partial charge is 0.335 e. The molecule has 1 fully saturated rings. The van der Waals surface area contributed by atoms with Crippen LogP contribution in [-0.4, -0.2) is 31.7 Å². The molecule has 35 heavy (non-hydrogen) atoms. The molecule has 178 valence electrons. The molecule has 3 aliphatic rings. The fraction of sp³-hybridized carbons (Fsp3) is 0.345. The minimum Gasteiger partial charge on any atom is -0.478 e.